The molecular weight excluding hydrogens is 456 g/mol. The van der Waals surface area contributed by atoms with E-state index in [-0.39, 0.29) is 11.7 Å². The number of carbonyl (C=O) groups excluding carboxylic acids is 1. The van der Waals surface area contributed by atoms with Crippen molar-refractivity contribution < 1.29 is 9.53 Å². The lowest BCUT2D eigenvalue weighted by Gasteiger charge is -2.12. The fourth-order valence-electron chi connectivity index (χ4n) is 3.26. The molecule has 0 fully saturated rings. The number of rotatable bonds is 8. The summed E-state index contributed by atoms with van der Waals surface area (Å²) in [4.78, 5) is 12.7. The molecule has 0 aliphatic carbocycles. The predicted molar refractivity (Wildman–Crippen MR) is 134 cm³/mol. The zero-order valence-corrected chi connectivity index (χ0v) is 19.9. The van der Waals surface area contributed by atoms with E-state index in [9.17, 15) is 4.79 Å². The number of hydrogen-bond acceptors (Lipinski definition) is 5. The molecule has 0 saturated carbocycles. The highest BCUT2D eigenvalue weighted by Crippen LogP contribution is 2.30. The largest absolute Gasteiger partial charge is 0.492 e. The van der Waals surface area contributed by atoms with Crippen molar-refractivity contribution in [3.63, 3.8) is 0 Å². The molecule has 33 heavy (non-hydrogen) atoms. The molecule has 0 radical (unpaired) electrons. The molecular formula is C25H23ClN4O2S. The summed E-state index contributed by atoms with van der Waals surface area (Å²) in [5.74, 6) is 1.31. The maximum Gasteiger partial charge on any atom is 0.234 e. The average molecular weight is 479 g/mol. The minimum Gasteiger partial charge on any atom is -0.492 e. The number of hydrogen-bond donors (Lipinski definition) is 1. The van der Waals surface area contributed by atoms with E-state index in [0.717, 1.165) is 16.8 Å². The van der Waals surface area contributed by atoms with Crippen LogP contribution in [0.5, 0.6) is 5.75 Å². The summed E-state index contributed by atoms with van der Waals surface area (Å²) in [6, 6.07) is 23.0. The monoisotopic (exact) mass is 478 g/mol. The highest BCUT2D eigenvalue weighted by molar-refractivity contribution is 7.99. The molecule has 0 spiro atoms. The Morgan fingerprint density at radius 3 is 2.58 bits per heavy atom. The van der Waals surface area contributed by atoms with Crippen LogP contribution in [0.3, 0.4) is 0 Å². The van der Waals surface area contributed by atoms with Gasteiger partial charge < -0.3 is 10.1 Å². The predicted octanol–water partition coefficient (Wildman–Crippen LogP) is 6.03. The Balaban J connectivity index is 1.59. The second-order valence-corrected chi connectivity index (χ2v) is 8.56. The number of thioether (sulfide) groups is 1. The van der Waals surface area contributed by atoms with Crippen molar-refractivity contribution in [1.82, 2.24) is 14.8 Å². The van der Waals surface area contributed by atoms with Gasteiger partial charge in [-0.05, 0) is 49.7 Å². The summed E-state index contributed by atoms with van der Waals surface area (Å²) in [5, 5.41) is 13.0. The van der Waals surface area contributed by atoms with Crippen molar-refractivity contribution in [2.24, 2.45) is 0 Å². The van der Waals surface area contributed by atoms with Gasteiger partial charge in [-0.2, -0.15) is 0 Å². The number of carbonyl (C=O) groups is 1. The van der Waals surface area contributed by atoms with Crippen molar-refractivity contribution in [3.8, 4) is 22.8 Å². The summed E-state index contributed by atoms with van der Waals surface area (Å²) in [7, 11) is 0. The van der Waals surface area contributed by atoms with Gasteiger partial charge >= 0.3 is 0 Å². The average Bonchev–Trinajstić information content (AvgIpc) is 3.25. The topological polar surface area (TPSA) is 69.0 Å². The van der Waals surface area contributed by atoms with Gasteiger partial charge in [0.1, 0.15) is 5.75 Å². The quantitative estimate of drug-likeness (QED) is 0.313. The zero-order chi connectivity index (χ0) is 23.2. The molecule has 3 aromatic carbocycles. The van der Waals surface area contributed by atoms with Crippen LogP contribution >= 0.6 is 23.4 Å². The first-order valence-electron chi connectivity index (χ1n) is 10.5. The molecule has 1 amide bonds. The lowest BCUT2D eigenvalue weighted by molar-refractivity contribution is -0.113. The minimum atomic E-state index is -0.158. The number of nitrogens with one attached hydrogen (secondary N) is 1. The zero-order valence-electron chi connectivity index (χ0n) is 18.3. The van der Waals surface area contributed by atoms with Gasteiger partial charge in [0.05, 0.1) is 18.0 Å². The molecule has 0 atom stereocenters. The fourth-order valence-corrected chi connectivity index (χ4v) is 4.19. The Kier molecular flexibility index (Phi) is 7.32. The van der Waals surface area contributed by atoms with Crippen molar-refractivity contribution in [3.05, 3.63) is 83.4 Å². The maximum atomic E-state index is 12.7. The van der Waals surface area contributed by atoms with E-state index >= 15 is 0 Å². The molecule has 168 valence electrons. The molecule has 0 aliphatic heterocycles. The third-order valence-corrected chi connectivity index (χ3v) is 6.21. The SMILES string of the molecule is CCOc1ccccc1NC(=O)CSc1nnc(-c2ccc(C)c(Cl)c2)n1-c1ccccc1. The number of halogens is 1. The number of ether oxygens (including phenoxy) is 1. The van der Waals surface area contributed by atoms with Gasteiger partial charge in [-0.25, -0.2) is 0 Å². The molecule has 4 rings (SSSR count). The van der Waals surface area contributed by atoms with E-state index in [1.165, 1.54) is 11.8 Å². The van der Waals surface area contributed by atoms with Crippen molar-refractivity contribution in [1.29, 1.82) is 0 Å². The second kappa shape index (κ2) is 10.6. The molecule has 0 bridgehead atoms. The van der Waals surface area contributed by atoms with E-state index in [1.807, 2.05) is 91.2 Å². The molecule has 0 unspecified atom stereocenters. The molecule has 8 heteroatoms. The van der Waals surface area contributed by atoms with Crippen LogP contribution in [0.1, 0.15) is 12.5 Å². The van der Waals surface area contributed by atoms with Gasteiger partial charge in [0, 0.05) is 16.3 Å². The molecule has 0 aliphatic rings. The van der Waals surface area contributed by atoms with Crippen LogP contribution in [0.4, 0.5) is 5.69 Å². The molecule has 1 aromatic heterocycles. The molecule has 6 nitrogen and oxygen atoms in total. The van der Waals surface area contributed by atoms with Gasteiger partial charge in [0.15, 0.2) is 11.0 Å². The summed E-state index contributed by atoms with van der Waals surface area (Å²) in [5.41, 5.74) is 3.39. The Labute approximate surface area is 202 Å². The molecule has 1 heterocycles. The molecule has 0 saturated heterocycles. The fraction of sp³-hybridized carbons (Fsp3) is 0.160. The Morgan fingerprint density at radius 1 is 1.06 bits per heavy atom. The third-order valence-electron chi connectivity index (χ3n) is 4.87. The Hall–Kier alpha value is -3.29. The van der Waals surface area contributed by atoms with Crippen molar-refractivity contribution in [2.45, 2.75) is 19.0 Å². The van der Waals surface area contributed by atoms with Crippen LogP contribution in [0.15, 0.2) is 78.0 Å². The summed E-state index contributed by atoms with van der Waals surface area (Å²) < 4.78 is 7.53. The first-order chi connectivity index (χ1) is 16.1. The summed E-state index contributed by atoms with van der Waals surface area (Å²) in [6.45, 7) is 4.38. The number of para-hydroxylation sites is 3. The van der Waals surface area contributed by atoms with Crippen LogP contribution in [-0.2, 0) is 4.79 Å². The van der Waals surface area contributed by atoms with Gasteiger partial charge in [0.25, 0.3) is 0 Å². The highest BCUT2D eigenvalue weighted by atomic mass is 35.5. The van der Waals surface area contributed by atoms with Crippen molar-refractivity contribution >= 4 is 35.0 Å². The van der Waals surface area contributed by atoms with Crippen LogP contribution in [0.25, 0.3) is 17.1 Å². The summed E-state index contributed by atoms with van der Waals surface area (Å²) >= 11 is 7.67. The van der Waals surface area contributed by atoms with Gasteiger partial charge in [-0.15, -0.1) is 10.2 Å². The number of nitrogens with zero attached hydrogens (tertiary/aromatic N) is 3. The van der Waals surface area contributed by atoms with Gasteiger partial charge in [0.2, 0.25) is 5.91 Å². The molecule has 1 N–H and O–H groups in total. The minimum absolute atomic E-state index is 0.158. The number of aryl methyl sites for hydroxylation is 1. The van der Waals surface area contributed by atoms with E-state index in [1.54, 1.807) is 0 Å². The summed E-state index contributed by atoms with van der Waals surface area (Å²) in [6.07, 6.45) is 0. The second-order valence-electron chi connectivity index (χ2n) is 7.21. The lowest BCUT2D eigenvalue weighted by Crippen LogP contribution is -2.15. The maximum absolute atomic E-state index is 12.7. The van der Waals surface area contributed by atoms with Crippen LogP contribution in [-0.4, -0.2) is 33.0 Å². The van der Waals surface area contributed by atoms with Gasteiger partial charge in [-0.1, -0.05) is 65.8 Å². The van der Waals surface area contributed by atoms with Crippen molar-refractivity contribution in [2.75, 3.05) is 17.7 Å². The highest BCUT2D eigenvalue weighted by Gasteiger charge is 2.18. The first-order valence-corrected chi connectivity index (χ1v) is 11.8. The normalized spacial score (nSPS) is 10.8. The standard InChI is InChI=1S/C25H23ClN4O2S/c1-3-32-22-12-8-7-11-21(22)27-23(31)16-33-25-29-28-24(18-14-13-17(2)20(26)15-18)30(25)19-9-5-4-6-10-19/h4-15H,3,16H2,1-2H3,(H,27,31). The third kappa shape index (κ3) is 5.38. The number of anilines is 1. The van der Waals surface area contributed by atoms with E-state index in [4.69, 9.17) is 16.3 Å². The molecule has 4 aromatic rings. The Morgan fingerprint density at radius 2 is 1.82 bits per heavy atom. The smallest absolute Gasteiger partial charge is 0.234 e. The van der Waals surface area contributed by atoms with E-state index in [0.29, 0.717) is 34.0 Å². The van der Waals surface area contributed by atoms with Crippen LogP contribution in [0, 0.1) is 6.92 Å². The van der Waals surface area contributed by atoms with E-state index in [2.05, 4.69) is 15.5 Å². The first kappa shape index (κ1) is 22.9. The Bertz CT molecular complexity index is 1260. The van der Waals surface area contributed by atoms with Crippen LogP contribution in [0.2, 0.25) is 5.02 Å². The van der Waals surface area contributed by atoms with Gasteiger partial charge in [-0.3, -0.25) is 9.36 Å². The number of aromatic nitrogens is 3. The number of amides is 1. The van der Waals surface area contributed by atoms with Crippen LogP contribution < -0.4 is 10.1 Å². The lowest BCUT2D eigenvalue weighted by atomic mass is 10.1. The number of benzene rings is 3. The van der Waals surface area contributed by atoms with E-state index < -0.39 is 0 Å².